The summed E-state index contributed by atoms with van der Waals surface area (Å²) < 4.78 is 0. The molecule has 4 rings (SSSR count). The number of halogens is 1. The van der Waals surface area contributed by atoms with Gasteiger partial charge in [-0.05, 0) is 11.6 Å². The van der Waals surface area contributed by atoms with E-state index in [1.54, 1.807) is 0 Å². The number of nitrogens with zero attached hydrogens (tertiary/aromatic N) is 1. The minimum atomic E-state index is -0.913. The van der Waals surface area contributed by atoms with Gasteiger partial charge in [-0.2, -0.15) is 0 Å². The first-order valence-corrected chi connectivity index (χ1v) is 8.74. The van der Waals surface area contributed by atoms with Crippen LogP contribution < -0.4 is 0 Å². The Kier molecular flexibility index (Phi) is 3.29. The highest BCUT2D eigenvalue weighted by Gasteiger charge is 2.42. The molecule has 0 amide bonds. The molecule has 3 aromatic rings. The van der Waals surface area contributed by atoms with Gasteiger partial charge in [0.25, 0.3) is 0 Å². The molecule has 1 N–H and O–H groups in total. The quantitative estimate of drug-likeness (QED) is 0.579. The largest absolute Gasteiger partial charge is 0.478 e. The smallest absolute Gasteiger partial charge is 0.336 e. The zero-order chi connectivity index (χ0) is 17.1. The molecule has 1 aliphatic carbocycles. The van der Waals surface area contributed by atoms with Crippen molar-refractivity contribution in [3.63, 3.8) is 0 Å². The summed E-state index contributed by atoms with van der Waals surface area (Å²) in [4.78, 5) is 16.8. The van der Waals surface area contributed by atoms with E-state index in [1.807, 2.05) is 42.5 Å². The number of benzene rings is 2. The van der Waals surface area contributed by atoms with Gasteiger partial charge in [0.1, 0.15) is 0 Å². The number of hydrogen-bond acceptors (Lipinski definition) is 2. The predicted octanol–water partition coefficient (Wildman–Crippen LogP) is 5.33. The van der Waals surface area contributed by atoms with E-state index < -0.39 is 5.97 Å². The van der Waals surface area contributed by atoms with Gasteiger partial charge in [-0.15, -0.1) is 0 Å². The van der Waals surface area contributed by atoms with E-state index in [0.717, 1.165) is 16.8 Å². The lowest BCUT2D eigenvalue weighted by Crippen LogP contribution is -2.30. The molecule has 24 heavy (non-hydrogen) atoms. The fourth-order valence-electron chi connectivity index (χ4n) is 3.66. The number of hydrogen-bond donors (Lipinski definition) is 1. The topological polar surface area (TPSA) is 50.2 Å². The van der Waals surface area contributed by atoms with E-state index >= 15 is 0 Å². The van der Waals surface area contributed by atoms with Crippen LogP contribution in [0.3, 0.4) is 0 Å². The molecule has 1 atom stereocenters. The third kappa shape index (κ3) is 1.96. The van der Waals surface area contributed by atoms with Crippen molar-refractivity contribution < 1.29 is 9.90 Å². The van der Waals surface area contributed by atoms with Crippen LogP contribution >= 0.6 is 15.9 Å². The number of fused-ring (bicyclic) bond motifs is 4. The molecule has 2 aromatic carbocycles. The van der Waals surface area contributed by atoms with Crippen LogP contribution in [0.25, 0.3) is 22.2 Å². The molecule has 0 bridgehead atoms. The standard InChI is InChI=1S/C20H16BrNO2/c1-20(2)13-9-5-3-7-11(13)17-16(18(20)21)15(19(23)24)12-8-4-6-10-14(12)22-17/h3-10,18H,1-2H3,(H,23,24)/t18-/m0/s1. The Morgan fingerprint density at radius 3 is 2.54 bits per heavy atom. The summed E-state index contributed by atoms with van der Waals surface area (Å²) in [7, 11) is 0. The number of carboxylic acids is 1. The number of rotatable bonds is 1. The van der Waals surface area contributed by atoms with E-state index in [-0.39, 0.29) is 10.2 Å². The van der Waals surface area contributed by atoms with Crippen molar-refractivity contribution >= 4 is 32.8 Å². The number of carbonyl (C=O) groups is 1. The molecule has 0 unspecified atom stereocenters. The Labute approximate surface area is 148 Å². The molecule has 1 heterocycles. The maximum Gasteiger partial charge on any atom is 0.336 e. The Hall–Kier alpha value is -2.20. The van der Waals surface area contributed by atoms with Gasteiger partial charge in [0.2, 0.25) is 0 Å². The van der Waals surface area contributed by atoms with Crippen molar-refractivity contribution in [1.29, 1.82) is 0 Å². The van der Waals surface area contributed by atoms with E-state index in [2.05, 4.69) is 35.8 Å². The summed E-state index contributed by atoms with van der Waals surface area (Å²) in [5, 5.41) is 10.6. The molecule has 0 aliphatic heterocycles. The SMILES string of the molecule is CC1(C)c2ccccc2-c2nc3ccccc3c(C(=O)O)c2[C@@H]1Br. The monoisotopic (exact) mass is 381 g/mol. The fraction of sp³-hybridized carbons (Fsp3) is 0.200. The fourth-order valence-corrected chi connectivity index (χ4v) is 4.35. The van der Waals surface area contributed by atoms with Crippen LogP contribution in [0.1, 0.15) is 40.2 Å². The van der Waals surface area contributed by atoms with Crippen LogP contribution in [0.4, 0.5) is 0 Å². The first kappa shape index (κ1) is 15.3. The first-order valence-electron chi connectivity index (χ1n) is 7.83. The summed E-state index contributed by atoms with van der Waals surface area (Å²) >= 11 is 3.78. The summed E-state index contributed by atoms with van der Waals surface area (Å²) in [5.41, 5.74) is 4.55. The Morgan fingerprint density at radius 1 is 1.12 bits per heavy atom. The van der Waals surface area contributed by atoms with Crippen LogP contribution in [0.5, 0.6) is 0 Å². The van der Waals surface area contributed by atoms with Crippen LogP contribution in [-0.2, 0) is 5.41 Å². The van der Waals surface area contributed by atoms with E-state index in [4.69, 9.17) is 4.98 Å². The minimum absolute atomic E-state index is 0.127. The molecule has 4 heteroatoms. The number of carboxylic acid groups (broad SMARTS) is 1. The van der Waals surface area contributed by atoms with Gasteiger partial charge in [-0.1, -0.05) is 72.2 Å². The predicted molar refractivity (Wildman–Crippen MR) is 98.8 cm³/mol. The number of pyridine rings is 1. The van der Waals surface area contributed by atoms with Gasteiger partial charge in [-0.3, -0.25) is 0 Å². The van der Waals surface area contributed by atoms with Crippen LogP contribution in [-0.4, -0.2) is 16.1 Å². The first-order chi connectivity index (χ1) is 11.4. The van der Waals surface area contributed by atoms with Gasteiger partial charge in [0, 0.05) is 21.9 Å². The number of aromatic nitrogens is 1. The number of para-hydroxylation sites is 1. The summed E-state index contributed by atoms with van der Waals surface area (Å²) in [6, 6.07) is 15.6. The van der Waals surface area contributed by atoms with Crippen molar-refractivity contribution in [2.45, 2.75) is 24.1 Å². The molecular formula is C20H16BrNO2. The molecule has 0 spiro atoms. The molecule has 0 radical (unpaired) electrons. The Morgan fingerprint density at radius 2 is 1.79 bits per heavy atom. The zero-order valence-corrected chi connectivity index (χ0v) is 15.0. The highest BCUT2D eigenvalue weighted by Crippen LogP contribution is 2.54. The number of alkyl halides is 1. The molecular weight excluding hydrogens is 366 g/mol. The lowest BCUT2D eigenvalue weighted by atomic mass is 9.70. The molecule has 3 nitrogen and oxygen atoms in total. The van der Waals surface area contributed by atoms with Gasteiger partial charge >= 0.3 is 5.97 Å². The van der Waals surface area contributed by atoms with E-state index in [0.29, 0.717) is 16.5 Å². The minimum Gasteiger partial charge on any atom is -0.478 e. The molecule has 0 saturated carbocycles. The summed E-state index contributed by atoms with van der Waals surface area (Å²) in [6.07, 6.45) is 0. The lowest BCUT2D eigenvalue weighted by Gasteiger charge is -2.39. The highest BCUT2D eigenvalue weighted by atomic mass is 79.9. The Bertz CT molecular complexity index is 994. The normalized spacial score (nSPS) is 18.0. The zero-order valence-electron chi connectivity index (χ0n) is 13.4. The molecule has 1 aliphatic rings. The molecule has 0 saturated heterocycles. The Balaban J connectivity index is 2.22. The second-order valence-corrected chi connectivity index (χ2v) is 7.62. The van der Waals surface area contributed by atoms with Crippen LogP contribution in [0, 0.1) is 0 Å². The third-order valence-corrected chi connectivity index (χ3v) is 6.51. The number of aromatic carboxylic acids is 1. The second-order valence-electron chi connectivity index (χ2n) is 6.70. The van der Waals surface area contributed by atoms with Crippen LogP contribution in [0.15, 0.2) is 48.5 Å². The van der Waals surface area contributed by atoms with Crippen molar-refractivity contribution in [3.8, 4) is 11.3 Å². The maximum absolute atomic E-state index is 12.1. The van der Waals surface area contributed by atoms with Gasteiger partial charge in [-0.25, -0.2) is 9.78 Å². The maximum atomic E-state index is 12.1. The molecule has 1 aromatic heterocycles. The molecule has 0 fully saturated rings. The summed E-state index contributed by atoms with van der Waals surface area (Å²) in [5.74, 6) is -0.913. The second kappa shape index (κ2) is 5.15. The average Bonchev–Trinajstić information content (AvgIpc) is 2.58. The van der Waals surface area contributed by atoms with Crippen molar-refractivity contribution in [1.82, 2.24) is 4.98 Å². The summed E-state index contributed by atoms with van der Waals surface area (Å²) in [6.45, 7) is 4.27. The van der Waals surface area contributed by atoms with Crippen molar-refractivity contribution in [2.24, 2.45) is 0 Å². The van der Waals surface area contributed by atoms with Gasteiger partial charge < -0.3 is 5.11 Å². The van der Waals surface area contributed by atoms with Crippen molar-refractivity contribution in [2.75, 3.05) is 0 Å². The highest BCUT2D eigenvalue weighted by molar-refractivity contribution is 9.09. The lowest BCUT2D eigenvalue weighted by molar-refractivity contribution is 0.0697. The van der Waals surface area contributed by atoms with E-state index in [1.165, 1.54) is 5.56 Å². The van der Waals surface area contributed by atoms with Gasteiger partial charge in [0.05, 0.1) is 21.6 Å². The average molecular weight is 382 g/mol. The van der Waals surface area contributed by atoms with E-state index in [9.17, 15) is 9.90 Å². The third-order valence-electron chi connectivity index (χ3n) is 4.91. The molecule has 120 valence electrons. The van der Waals surface area contributed by atoms with Crippen molar-refractivity contribution in [3.05, 3.63) is 65.2 Å². The van der Waals surface area contributed by atoms with Gasteiger partial charge in [0.15, 0.2) is 0 Å². The van der Waals surface area contributed by atoms with Crippen LogP contribution in [0.2, 0.25) is 0 Å².